The Morgan fingerprint density at radius 1 is 1.17 bits per heavy atom. The number of rotatable bonds is 1. The Balaban J connectivity index is 0.000000469. The van der Waals surface area contributed by atoms with Crippen LogP contribution in [0.15, 0.2) is 72.8 Å². The fraction of sp³-hybridized carbons (Fsp3) is 0.111. The largest absolute Gasteiger partial charge is 2.00 e. The van der Waals surface area contributed by atoms with Crippen molar-refractivity contribution in [1.29, 1.82) is 0 Å². The molecular formula is C18H18Cl2N2Zr. The minimum atomic E-state index is 0. The number of hydrogen-bond acceptors (Lipinski definition) is 1. The summed E-state index contributed by atoms with van der Waals surface area (Å²) < 4.78 is 2.03. The van der Waals surface area contributed by atoms with E-state index in [1.807, 2.05) is 17.1 Å². The molecule has 1 aromatic heterocycles. The minimum Gasteiger partial charge on any atom is -0.386 e. The fourth-order valence-electron chi connectivity index (χ4n) is 2.28. The number of hydrogen-bond donors (Lipinski definition) is 0. The van der Waals surface area contributed by atoms with Gasteiger partial charge in [0, 0.05) is 12.5 Å². The molecule has 0 fully saturated rings. The molecule has 0 atom stereocenters. The normalized spacial score (nSPS) is 11.4. The third-order valence-electron chi connectivity index (χ3n) is 3.31. The maximum Gasteiger partial charge on any atom is 2.00 e. The van der Waals surface area contributed by atoms with Gasteiger partial charge in [-0.1, -0.05) is 42.0 Å². The number of imidazole rings is 1. The van der Waals surface area contributed by atoms with E-state index in [0.29, 0.717) is 0 Å². The van der Waals surface area contributed by atoms with Crippen LogP contribution in [-0.2, 0) is 26.2 Å². The zero-order valence-corrected chi connectivity index (χ0v) is 16.9. The van der Waals surface area contributed by atoms with Gasteiger partial charge in [0.2, 0.25) is 0 Å². The van der Waals surface area contributed by atoms with Crippen LogP contribution in [0.5, 0.6) is 0 Å². The van der Waals surface area contributed by atoms with E-state index >= 15 is 0 Å². The summed E-state index contributed by atoms with van der Waals surface area (Å²) in [7, 11) is 0. The molecule has 2 nitrogen and oxygen atoms in total. The summed E-state index contributed by atoms with van der Waals surface area (Å²) in [6, 6.07) is 12.6. The maximum absolute atomic E-state index is 4.05. The van der Waals surface area contributed by atoms with Gasteiger partial charge < -0.3 is 4.57 Å². The molecule has 118 valence electrons. The van der Waals surface area contributed by atoms with Crippen LogP contribution in [0.2, 0.25) is 0 Å². The minimum absolute atomic E-state index is 0. The predicted molar refractivity (Wildman–Crippen MR) is 97.3 cm³/mol. The summed E-state index contributed by atoms with van der Waals surface area (Å²) in [5.74, 6) is 0. The van der Waals surface area contributed by atoms with Gasteiger partial charge in [0.1, 0.15) is 0 Å². The van der Waals surface area contributed by atoms with E-state index in [0.717, 1.165) is 6.42 Å². The average Bonchev–Trinajstić information content (AvgIpc) is 3.19. The molecule has 0 amide bonds. The molecule has 0 unspecified atom stereocenters. The number of aromatic nitrogens is 2. The van der Waals surface area contributed by atoms with E-state index in [1.165, 1.54) is 22.0 Å². The Morgan fingerprint density at radius 2 is 1.96 bits per heavy atom. The Morgan fingerprint density at radius 3 is 2.52 bits per heavy atom. The number of halogens is 2. The van der Waals surface area contributed by atoms with E-state index in [1.54, 1.807) is 6.20 Å². The Bertz CT molecular complexity index is 756. The van der Waals surface area contributed by atoms with Gasteiger partial charge in [-0.2, -0.15) is 6.08 Å². The van der Waals surface area contributed by atoms with E-state index in [4.69, 9.17) is 0 Å². The van der Waals surface area contributed by atoms with Crippen molar-refractivity contribution in [2.45, 2.75) is 13.3 Å². The molecule has 1 aliphatic rings. The molecule has 0 saturated carbocycles. The van der Waals surface area contributed by atoms with Crippen LogP contribution in [0, 0.1) is 6.08 Å². The van der Waals surface area contributed by atoms with Gasteiger partial charge in [0.25, 0.3) is 0 Å². The molecule has 4 rings (SSSR count). The molecular weight excluding hydrogens is 406 g/mol. The van der Waals surface area contributed by atoms with Crippen molar-refractivity contribution < 1.29 is 26.2 Å². The molecule has 23 heavy (non-hydrogen) atoms. The topological polar surface area (TPSA) is 17.8 Å². The average molecular weight is 424 g/mol. The van der Waals surface area contributed by atoms with E-state index in [9.17, 15) is 0 Å². The number of benzene rings is 1. The Labute approximate surface area is 168 Å². The van der Waals surface area contributed by atoms with Crippen molar-refractivity contribution >= 4 is 35.6 Å². The molecule has 0 N–H and O–H groups in total. The van der Waals surface area contributed by atoms with E-state index < -0.39 is 0 Å². The molecule has 0 radical (unpaired) electrons. The molecule has 0 spiro atoms. The first-order valence-electron chi connectivity index (χ1n) is 6.71. The van der Waals surface area contributed by atoms with Crippen molar-refractivity contribution in [1.82, 2.24) is 9.55 Å². The van der Waals surface area contributed by atoms with Gasteiger partial charge in [0.15, 0.2) is 0 Å². The van der Waals surface area contributed by atoms with Crippen LogP contribution in [0.25, 0.3) is 16.5 Å². The van der Waals surface area contributed by atoms with Crippen molar-refractivity contribution in [3.63, 3.8) is 0 Å². The van der Waals surface area contributed by atoms with E-state index in [-0.39, 0.29) is 51.0 Å². The third-order valence-corrected chi connectivity index (χ3v) is 3.31. The molecule has 0 bridgehead atoms. The van der Waals surface area contributed by atoms with Crippen LogP contribution in [0.1, 0.15) is 13.3 Å². The summed E-state index contributed by atoms with van der Waals surface area (Å²) in [6.45, 7) is 2.06. The smallest absolute Gasteiger partial charge is 0.386 e. The molecule has 3 aromatic rings. The van der Waals surface area contributed by atoms with E-state index in [2.05, 4.69) is 66.5 Å². The van der Waals surface area contributed by atoms with Crippen LogP contribution in [0.3, 0.4) is 0 Å². The van der Waals surface area contributed by atoms with Crippen molar-refractivity contribution in [2.75, 3.05) is 0 Å². The molecule has 1 aliphatic carbocycles. The summed E-state index contributed by atoms with van der Waals surface area (Å²) in [6.07, 6.45) is 13.9. The van der Waals surface area contributed by atoms with Gasteiger partial charge in [-0.15, -0.1) is 43.4 Å². The zero-order valence-electron chi connectivity index (χ0n) is 12.8. The second kappa shape index (κ2) is 10.7. The molecule has 0 aliphatic heterocycles. The summed E-state index contributed by atoms with van der Waals surface area (Å²) in [5.41, 5.74) is 2.47. The van der Waals surface area contributed by atoms with Crippen LogP contribution in [0.4, 0.5) is 0 Å². The summed E-state index contributed by atoms with van der Waals surface area (Å²) in [5, 5.41) is 2.54. The third kappa shape index (κ3) is 5.53. The quantitative estimate of drug-likeness (QED) is 0.486. The van der Waals surface area contributed by atoms with Gasteiger partial charge in [0.05, 0.1) is 0 Å². The van der Waals surface area contributed by atoms with Crippen LogP contribution >= 0.6 is 24.8 Å². The number of nitrogens with zero attached hydrogens (tertiary/aromatic N) is 2. The number of allylic oxidation sites excluding steroid dienone is 4. The summed E-state index contributed by atoms with van der Waals surface area (Å²) >= 11 is 0. The monoisotopic (exact) mass is 422 g/mol. The first-order chi connectivity index (χ1) is 9.84. The molecule has 2 aromatic carbocycles. The predicted octanol–water partition coefficient (Wildman–Crippen LogP) is 5.28. The molecule has 5 heteroatoms. The Kier molecular flexibility index (Phi) is 10.2. The van der Waals surface area contributed by atoms with Gasteiger partial charge >= 0.3 is 26.2 Å². The fourth-order valence-corrected chi connectivity index (χ4v) is 2.28. The summed E-state index contributed by atoms with van der Waals surface area (Å²) in [4.78, 5) is 4.05. The van der Waals surface area contributed by atoms with Crippen molar-refractivity contribution in [3.8, 4) is 5.69 Å². The van der Waals surface area contributed by atoms with Crippen LogP contribution < -0.4 is 0 Å². The molecule has 0 saturated heterocycles. The second-order valence-corrected chi connectivity index (χ2v) is 4.74. The van der Waals surface area contributed by atoms with Gasteiger partial charge in [-0.3, -0.25) is 11.1 Å². The van der Waals surface area contributed by atoms with Gasteiger partial charge in [-0.25, -0.2) is 11.6 Å². The maximum atomic E-state index is 4.05. The molecule has 1 heterocycles. The first-order valence-corrected chi connectivity index (χ1v) is 6.71. The second-order valence-electron chi connectivity index (χ2n) is 4.74. The van der Waals surface area contributed by atoms with Crippen molar-refractivity contribution in [2.24, 2.45) is 0 Å². The van der Waals surface area contributed by atoms with Crippen LogP contribution in [-0.4, -0.2) is 9.55 Å². The zero-order chi connectivity index (χ0) is 13.8. The SMILES string of the molecule is CC1=[C-]CC=C1.Cl.Cl.[Zr+2].c1ccc2c(c1)cc[c-]2-n1ccnc1. The standard InChI is InChI=1S/C12H9N2.C6H7.2ClH.Zr/c1-2-4-11-10(3-1)5-6-12(11)14-8-7-13-9-14;1-6-4-2-3-5-6;;;/h1-9H;2,4H,3H2,1H3;2*1H;/q2*-1;;;+2. The Hall–Kier alpha value is -1.02. The first kappa shape index (κ1) is 22.0. The van der Waals surface area contributed by atoms with Crippen molar-refractivity contribution in [3.05, 3.63) is 78.9 Å². The number of fused-ring (bicyclic) bond motifs is 1. The van der Waals surface area contributed by atoms with Gasteiger partial charge in [-0.05, 0) is 11.9 Å².